The molecular formula is C17H13N5O. The normalized spacial score (nSPS) is 14.8. The summed E-state index contributed by atoms with van der Waals surface area (Å²) >= 11 is 0. The Morgan fingerprint density at radius 2 is 1.78 bits per heavy atom. The van der Waals surface area contributed by atoms with E-state index in [-0.39, 0.29) is 5.91 Å². The third-order valence-electron chi connectivity index (χ3n) is 3.66. The summed E-state index contributed by atoms with van der Waals surface area (Å²) in [7, 11) is 1.75. The Morgan fingerprint density at radius 1 is 1.04 bits per heavy atom. The smallest absolute Gasteiger partial charge is 0.276 e. The van der Waals surface area contributed by atoms with E-state index in [1.165, 1.54) is 0 Å². The molecule has 1 amide bonds. The van der Waals surface area contributed by atoms with Crippen LogP contribution in [0.2, 0.25) is 0 Å². The van der Waals surface area contributed by atoms with Crippen molar-refractivity contribution in [2.24, 2.45) is 5.10 Å². The highest BCUT2D eigenvalue weighted by Crippen LogP contribution is 2.23. The number of hydrazone groups is 1. The molecule has 0 aliphatic carbocycles. The molecule has 0 radical (unpaired) electrons. The van der Waals surface area contributed by atoms with E-state index >= 15 is 0 Å². The Balaban J connectivity index is 1.74. The number of anilines is 2. The molecule has 0 bridgehead atoms. The Labute approximate surface area is 132 Å². The van der Waals surface area contributed by atoms with Gasteiger partial charge in [-0.05, 0) is 18.2 Å². The van der Waals surface area contributed by atoms with Crippen molar-refractivity contribution in [1.29, 1.82) is 0 Å². The maximum Gasteiger partial charge on any atom is 0.276 e. The van der Waals surface area contributed by atoms with Crippen LogP contribution in [0, 0.1) is 0 Å². The number of hydrogen-bond donors (Lipinski definition) is 1. The summed E-state index contributed by atoms with van der Waals surface area (Å²) in [6.07, 6.45) is 1.64. The first-order valence-corrected chi connectivity index (χ1v) is 7.17. The maximum absolute atomic E-state index is 12.1. The minimum Gasteiger partial charge on any atom is -0.320 e. The fourth-order valence-corrected chi connectivity index (χ4v) is 2.51. The van der Waals surface area contributed by atoms with E-state index in [4.69, 9.17) is 0 Å². The molecule has 3 aromatic rings. The van der Waals surface area contributed by atoms with Crippen LogP contribution in [0.1, 0.15) is 5.56 Å². The van der Waals surface area contributed by atoms with Crippen molar-refractivity contribution in [2.75, 3.05) is 17.4 Å². The van der Waals surface area contributed by atoms with Crippen LogP contribution in [0.25, 0.3) is 11.0 Å². The second kappa shape index (κ2) is 5.17. The zero-order chi connectivity index (χ0) is 15.8. The van der Waals surface area contributed by atoms with Gasteiger partial charge in [0.05, 0.1) is 22.9 Å². The van der Waals surface area contributed by atoms with Crippen LogP contribution >= 0.6 is 0 Å². The van der Waals surface area contributed by atoms with Crippen LogP contribution < -0.4 is 10.3 Å². The number of fused-ring (bicyclic) bond motifs is 2. The highest BCUT2D eigenvalue weighted by Gasteiger charge is 2.26. The van der Waals surface area contributed by atoms with Crippen LogP contribution in [0.4, 0.5) is 11.5 Å². The highest BCUT2D eigenvalue weighted by atomic mass is 16.2. The van der Waals surface area contributed by atoms with Crippen molar-refractivity contribution in [3.63, 3.8) is 0 Å². The number of benzene rings is 2. The molecule has 0 saturated heterocycles. The van der Waals surface area contributed by atoms with Crippen molar-refractivity contribution in [3.05, 3.63) is 60.3 Å². The van der Waals surface area contributed by atoms with Gasteiger partial charge in [-0.15, -0.1) is 0 Å². The molecule has 1 aliphatic heterocycles. The van der Waals surface area contributed by atoms with E-state index in [9.17, 15) is 4.79 Å². The Hall–Kier alpha value is -3.28. The topological polar surface area (TPSA) is 70.5 Å². The van der Waals surface area contributed by atoms with Gasteiger partial charge in [0.2, 0.25) is 0 Å². The standard InChI is InChI=1S/C17H13N5O/c1-22(15-10-18-13-8-4-5-9-14(13)19-15)21-16-11-6-2-3-7-12(11)20-17(16)23/h2-10H,1H3,(H,20,21,23). The zero-order valence-corrected chi connectivity index (χ0v) is 12.4. The van der Waals surface area contributed by atoms with Gasteiger partial charge in [-0.2, -0.15) is 5.10 Å². The van der Waals surface area contributed by atoms with Gasteiger partial charge in [0.25, 0.3) is 5.91 Å². The monoisotopic (exact) mass is 303 g/mol. The van der Waals surface area contributed by atoms with E-state index in [0.717, 1.165) is 22.3 Å². The quantitative estimate of drug-likeness (QED) is 0.738. The van der Waals surface area contributed by atoms with Crippen LogP contribution in [-0.2, 0) is 4.79 Å². The van der Waals surface area contributed by atoms with E-state index in [1.807, 2.05) is 48.5 Å². The fraction of sp³-hybridized carbons (Fsp3) is 0.0588. The largest absolute Gasteiger partial charge is 0.320 e. The third-order valence-corrected chi connectivity index (χ3v) is 3.66. The predicted octanol–water partition coefficient (Wildman–Crippen LogP) is 2.42. The van der Waals surface area contributed by atoms with Gasteiger partial charge in [0, 0.05) is 12.6 Å². The first-order valence-electron chi connectivity index (χ1n) is 7.17. The van der Waals surface area contributed by atoms with Gasteiger partial charge in [0.15, 0.2) is 11.5 Å². The average Bonchev–Trinajstić information content (AvgIpc) is 2.90. The molecular weight excluding hydrogens is 290 g/mol. The van der Waals surface area contributed by atoms with E-state index in [0.29, 0.717) is 11.5 Å². The lowest BCUT2D eigenvalue weighted by atomic mass is 10.1. The number of nitrogens with one attached hydrogen (secondary N) is 1. The van der Waals surface area contributed by atoms with Crippen LogP contribution in [0.5, 0.6) is 0 Å². The number of rotatable bonds is 2. The van der Waals surface area contributed by atoms with Crippen LogP contribution in [-0.4, -0.2) is 28.6 Å². The minimum absolute atomic E-state index is 0.216. The first kappa shape index (κ1) is 13.4. The molecule has 0 saturated carbocycles. The molecule has 2 heterocycles. The number of para-hydroxylation sites is 3. The molecule has 2 aromatic carbocycles. The van der Waals surface area contributed by atoms with Crippen molar-refractivity contribution in [1.82, 2.24) is 9.97 Å². The lowest BCUT2D eigenvalue weighted by Gasteiger charge is -2.12. The highest BCUT2D eigenvalue weighted by molar-refractivity contribution is 6.53. The molecule has 1 N–H and O–H groups in total. The third kappa shape index (κ3) is 2.30. The molecule has 0 spiro atoms. The van der Waals surface area contributed by atoms with Crippen molar-refractivity contribution < 1.29 is 4.79 Å². The lowest BCUT2D eigenvalue weighted by Crippen LogP contribution is -2.21. The van der Waals surface area contributed by atoms with E-state index in [2.05, 4.69) is 20.4 Å². The van der Waals surface area contributed by atoms with Crippen molar-refractivity contribution in [3.8, 4) is 0 Å². The van der Waals surface area contributed by atoms with E-state index in [1.54, 1.807) is 18.3 Å². The Bertz CT molecular complexity index is 950. The molecule has 1 aromatic heterocycles. The summed E-state index contributed by atoms with van der Waals surface area (Å²) in [5.74, 6) is 0.361. The van der Waals surface area contributed by atoms with Gasteiger partial charge in [-0.3, -0.25) is 9.78 Å². The number of carbonyl (C=O) groups is 1. The zero-order valence-electron chi connectivity index (χ0n) is 12.4. The molecule has 1 aliphatic rings. The van der Waals surface area contributed by atoms with Gasteiger partial charge < -0.3 is 5.32 Å². The summed E-state index contributed by atoms with van der Waals surface area (Å²) in [5, 5.41) is 8.78. The second-order valence-electron chi connectivity index (χ2n) is 5.19. The van der Waals surface area contributed by atoms with Crippen LogP contribution in [0.3, 0.4) is 0 Å². The summed E-state index contributed by atoms with van der Waals surface area (Å²) in [4.78, 5) is 21.0. The molecule has 0 fully saturated rings. The molecule has 0 atom stereocenters. The molecule has 4 rings (SSSR count). The average molecular weight is 303 g/mol. The fourth-order valence-electron chi connectivity index (χ4n) is 2.51. The molecule has 0 unspecified atom stereocenters. The van der Waals surface area contributed by atoms with Gasteiger partial charge in [-0.25, -0.2) is 9.99 Å². The molecule has 112 valence electrons. The molecule has 6 heteroatoms. The number of carbonyl (C=O) groups excluding carboxylic acids is 1. The summed E-state index contributed by atoms with van der Waals surface area (Å²) in [5.41, 5.74) is 3.54. The molecule has 6 nitrogen and oxygen atoms in total. The number of aromatic nitrogens is 2. The number of nitrogens with zero attached hydrogens (tertiary/aromatic N) is 4. The van der Waals surface area contributed by atoms with Crippen molar-refractivity contribution >= 4 is 34.2 Å². The van der Waals surface area contributed by atoms with Gasteiger partial charge in [0.1, 0.15) is 0 Å². The summed E-state index contributed by atoms with van der Waals surface area (Å²) in [6.45, 7) is 0. The maximum atomic E-state index is 12.1. The minimum atomic E-state index is -0.216. The van der Waals surface area contributed by atoms with Gasteiger partial charge in [-0.1, -0.05) is 30.3 Å². The Kier molecular flexibility index (Phi) is 3.01. The van der Waals surface area contributed by atoms with Gasteiger partial charge >= 0.3 is 0 Å². The Morgan fingerprint density at radius 3 is 2.65 bits per heavy atom. The summed E-state index contributed by atoms with van der Waals surface area (Å²) in [6, 6.07) is 15.1. The van der Waals surface area contributed by atoms with Crippen molar-refractivity contribution in [2.45, 2.75) is 0 Å². The first-order chi connectivity index (χ1) is 11.2. The lowest BCUT2D eigenvalue weighted by molar-refractivity contribution is -0.110. The summed E-state index contributed by atoms with van der Waals surface area (Å²) < 4.78 is 0. The molecule has 23 heavy (non-hydrogen) atoms. The van der Waals surface area contributed by atoms with Crippen LogP contribution in [0.15, 0.2) is 59.8 Å². The number of amides is 1. The second-order valence-corrected chi connectivity index (χ2v) is 5.19. The van der Waals surface area contributed by atoms with E-state index < -0.39 is 0 Å². The SMILES string of the molecule is CN(/N=C1\C(=O)Nc2ccccc21)c1cnc2ccccc2n1. The number of hydrogen-bond acceptors (Lipinski definition) is 5. The predicted molar refractivity (Wildman–Crippen MR) is 89.5 cm³/mol.